The second-order valence-electron chi connectivity index (χ2n) is 5.69. The van der Waals surface area contributed by atoms with Crippen LogP contribution in [-0.2, 0) is 10.1 Å². The monoisotopic (exact) mass is 391 g/mol. The molecule has 0 bridgehead atoms. The molecule has 2 aromatic carbocycles. The molecule has 3 aromatic rings. The fourth-order valence-electron chi connectivity index (χ4n) is 2.71. The van der Waals surface area contributed by atoms with Gasteiger partial charge in [0.1, 0.15) is 5.76 Å². The summed E-state index contributed by atoms with van der Waals surface area (Å²) in [6.45, 7) is 0. The maximum atomic E-state index is 12.5. The van der Waals surface area contributed by atoms with Crippen molar-refractivity contribution in [2.24, 2.45) is 0 Å². The summed E-state index contributed by atoms with van der Waals surface area (Å²) in [7, 11) is -3.92. The van der Waals surface area contributed by atoms with Gasteiger partial charge in [-0.05, 0) is 12.1 Å². The van der Waals surface area contributed by atoms with Crippen LogP contribution < -0.4 is 29.6 Å². The second kappa shape index (κ2) is 8.33. The van der Waals surface area contributed by atoms with Crippen LogP contribution in [0.4, 0.5) is 0 Å². The number of ketones is 1. The zero-order chi connectivity index (χ0) is 18.9. The SMILES string of the molecule is CS(=O)(=O)[O-].O=C1C(c2ccc3ccccc3n2)=C(O)c2ccccc21.[Na+]. The van der Waals surface area contributed by atoms with Gasteiger partial charge >= 0.3 is 29.6 Å². The van der Waals surface area contributed by atoms with Crippen LogP contribution in [0.5, 0.6) is 0 Å². The Labute approximate surface area is 178 Å². The number of pyridine rings is 1. The van der Waals surface area contributed by atoms with Crippen molar-refractivity contribution in [3.63, 3.8) is 0 Å². The number of para-hydroxylation sites is 1. The molecule has 132 valence electrons. The van der Waals surface area contributed by atoms with Crippen LogP contribution in [0.25, 0.3) is 22.2 Å². The largest absolute Gasteiger partial charge is 1.00 e. The molecule has 0 fully saturated rings. The molecule has 0 saturated heterocycles. The first-order valence-electron chi connectivity index (χ1n) is 7.60. The van der Waals surface area contributed by atoms with E-state index in [0.717, 1.165) is 10.9 Å². The average molecular weight is 391 g/mol. The molecule has 0 spiro atoms. The first-order valence-corrected chi connectivity index (χ1v) is 9.42. The fraction of sp³-hybridized carbons (Fsp3) is 0.0526. The third kappa shape index (κ3) is 4.82. The Morgan fingerprint density at radius 1 is 0.926 bits per heavy atom. The number of fused-ring (bicyclic) bond motifs is 2. The standard InChI is InChI=1S/C18H11NO2.CH4O3S.Na/c20-17-12-6-2-3-7-13(12)18(21)16(17)15-10-9-11-5-1-4-8-14(11)19-15;1-5(2,3)4;/h1-10,20H;1H3,(H,2,3,4);/q;;+1/p-1. The van der Waals surface area contributed by atoms with Crippen molar-refractivity contribution in [3.8, 4) is 0 Å². The van der Waals surface area contributed by atoms with Crippen molar-refractivity contribution in [2.75, 3.05) is 6.26 Å². The average Bonchev–Trinajstić information content (AvgIpc) is 2.85. The Hall–Kier alpha value is -2.03. The molecule has 27 heavy (non-hydrogen) atoms. The topological polar surface area (TPSA) is 107 Å². The minimum atomic E-state index is -3.92. The van der Waals surface area contributed by atoms with E-state index in [0.29, 0.717) is 23.1 Å². The Bertz CT molecular complexity index is 1150. The summed E-state index contributed by atoms with van der Waals surface area (Å²) >= 11 is 0. The van der Waals surface area contributed by atoms with Crippen LogP contribution in [0.2, 0.25) is 0 Å². The maximum absolute atomic E-state index is 12.5. The van der Waals surface area contributed by atoms with Gasteiger partial charge in [-0.2, -0.15) is 0 Å². The molecule has 1 aliphatic rings. The number of aliphatic hydroxyl groups is 1. The van der Waals surface area contributed by atoms with E-state index in [2.05, 4.69) is 4.98 Å². The normalized spacial score (nSPS) is 12.9. The molecule has 0 radical (unpaired) electrons. The Balaban J connectivity index is 0.000000390. The Morgan fingerprint density at radius 2 is 1.48 bits per heavy atom. The molecule has 1 heterocycles. The number of nitrogens with zero attached hydrogens (tertiary/aromatic N) is 1. The molecule has 8 heteroatoms. The van der Waals surface area contributed by atoms with Gasteiger partial charge in [-0.25, -0.2) is 13.4 Å². The van der Waals surface area contributed by atoms with Gasteiger partial charge in [0.2, 0.25) is 0 Å². The van der Waals surface area contributed by atoms with Crippen molar-refractivity contribution in [1.29, 1.82) is 0 Å². The Morgan fingerprint density at radius 3 is 2.11 bits per heavy atom. The number of hydrogen-bond donors (Lipinski definition) is 1. The molecule has 0 amide bonds. The summed E-state index contributed by atoms with van der Waals surface area (Å²) in [5, 5.41) is 11.4. The van der Waals surface area contributed by atoms with Crippen LogP contribution in [-0.4, -0.2) is 35.1 Å². The summed E-state index contributed by atoms with van der Waals surface area (Å²) in [6.07, 6.45) is 0.604. The minimum absolute atomic E-state index is 0. The number of hydrogen-bond acceptors (Lipinski definition) is 6. The molecule has 0 aliphatic heterocycles. The second-order valence-corrected chi connectivity index (χ2v) is 7.10. The van der Waals surface area contributed by atoms with Crippen LogP contribution in [0, 0.1) is 0 Å². The van der Waals surface area contributed by atoms with Gasteiger partial charge in [0.15, 0.2) is 5.78 Å². The first-order chi connectivity index (χ1) is 12.3. The van der Waals surface area contributed by atoms with E-state index in [1.165, 1.54) is 0 Å². The molecule has 4 rings (SSSR count). The summed E-state index contributed by atoms with van der Waals surface area (Å²) in [5.41, 5.74) is 2.70. The predicted octanol–water partition coefficient (Wildman–Crippen LogP) is 0.0228. The molecular formula is C19H14NNaO5S. The molecule has 1 N–H and O–H groups in total. The number of allylic oxidation sites excluding steroid dienone is 1. The third-order valence-electron chi connectivity index (χ3n) is 3.75. The van der Waals surface area contributed by atoms with Crippen LogP contribution in [0.15, 0.2) is 60.7 Å². The van der Waals surface area contributed by atoms with Crippen molar-refractivity contribution in [3.05, 3.63) is 77.5 Å². The number of aliphatic hydroxyl groups excluding tert-OH is 1. The molecule has 0 saturated carbocycles. The number of Topliss-reactive ketones (excluding diaryl/α,β-unsaturated/α-hetero) is 1. The van der Waals surface area contributed by atoms with Gasteiger partial charge in [-0.1, -0.05) is 48.5 Å². The van der Waals surface area contributed by atoms with E-state index in [9.17, 15) is 9.90 Å². The molecular weight excluding hydrogens is 377 g/mol. The van der Waals surface area contributed by atoms with Gasteiger partial charge in [-0.15, -0.1) is 0 Å². The smallest absolute Gasteiger partial charge is 0.748 e. The van der Waals surface area contributed by atoms with Gasteiger partial charge in [0, 0.05) is 22.8 Å². The van der Waals surface area contributed by atoms with E-state index in [1.54, 1.807) is 30.3 Å². The quantitative estimate of drug-likeness (QED) is 0.463. The van der Waals surface area contributed by atoms with Crippen molar-refractivity contribution < 1.29 is 52.4 Å². The number of aromatic nitrogens is 1. The zero-order valence-corrected chi connectivity index (χ0v) is 17.5. The van der Waals surface area contributed by atoms with E-state index in [1.807, 2.05) is 30.3 Å². The molecule has 0 atom stereocenters. The summed E-state index contributed by atoms with van der Waals surface area (Å²) < 4.78 is 27.2. The van der Waals surface area contributed by atoms with Crippen molar-refractivity contribution in [2.45, 2.75) is 0 Å². The van der Waals surface area contributed by atoms with E-state index >= 15 is 0 Å². The molecule has 1 aliphatic carbocycles. The first kappa shape index (κ1) is 21.3. The van der Waals surface area contributed by atoms with E-state index in [4.69, 9.17) is 13.0 Å². The van der Waals surface area contributed by atoms with E-state index < -0.39 is 10.1 Å². The van der Waals surface area contributed by atoms with Crippen molar-refractivity contribution >= 4 is 38.1 Å². The molecule has 0 unspecified atom stereocenters. The van der Waals surface area contributed by atoms with E-state index in [-0.39, 0.29) is 46.7 Å². The molecule has 6 nitrogen and oxygen atoms in total. The Kier molecular flexibility index (Phi) is 6.56. The third-order valence-corrected chi connectivity index (χ3v) is 3.75. The number of benzene rings is 2. The van der Waals surface area contributed by atoms with Crippen LogP contribution >= 0.6 is 0 Å². The van der Waals surface area contributed by atoms with Crippen LogP contribution in [0.1, 0.15) is 21.6 Å². The fourth-order valence-corrected chi connectivity index (χ4v) is 2.71. The summed E-state index contributed by atoms with van der Waals surface area (Å²) in [5.74, 6) is -0.163. The predicted molar refractivity (Wildman–Crippen MR) is 97.6 cm³/mol. The number of carbonyl (C=O) groups is 1. The summed E-state index contributed by atoms with van der Waals surface area (Å²) in [6, 6.07) is 18.5. The van der Waals surface area contributed by atoms with Gasteiger partial charge in [0.25, 0.3) is 0 Å². The van der Waals surface area contributed by atoms with Gasteiger partial charge in [-0.3, -0.25) is 4.79 Å². The number of carbonyl (C=O) groups excluding carboxylic acids is 1. The van der Waals surface area contributed by atoms with Crippen molar-refractivity contribution in [1.82, 2.24) is 4.98 Å². The number of rotatable bonds is 1. The zero-order valence-electron chi connectivity index (χ0n) is 14.7. The van der Waals surface area contributed by atoms with Crippen LogP contribution in [0.3, 0.4) is 0 Å². The van der Waals surface area contributed by atoms with Gasteiger partial charge < -0.3 is 9.66 Å². The minimum Gasteiger partial charge on any atom is -0.748 e. The maximum Gasteiger partial charge on any atom is 1.00 e. The summed E-state index contributed by atoms with van der Waals surface area (Å²) in [4.78, 5) is 17.0. The molecule has 1 aromatic heterocycles. The van der Waals surface area contributed by atoms with Gasteiger partial charge in [0.05, 0.1) is 26.9 Å².